The number of hydrogen-bond donors (Lipinski definition) is 1. The quantitative estimate of drug-likeness (QED) is 0.460. The van der Waals surface area contributed by atoms with Crippen molar-refractivity contribution in [3.05, 3.63) is 35.9 Å². The van der Waals surface area contributed by atoms with Crippen LogP contribution in [0, 0.1) is 0 Å². The molecule has 0 aliphatic carbocycles. The first-order valence-electron chi connectivity index (χ1n) is 6.57. The summed E-state index contributed by atoms with van der Waals surface area (Å²) in [5, 5.41) is 11.1. The van der Waals surface area contributed by atoms with E-state index in [-0.39, 0.29) is 12.5 Å². The van der Waals surface area contributed by atoms with Crippen LogP contribution in [-0.2, 0) is 16.0 Å². The van der Waals surface area contributed by atoms with Crippen molar-refractivity contribution in [3.63, 3.8) is 0 Å². The first-order valence-corrected chi connectivity index (χ1v) is 8.37. The Bertz CT molecular complexity index is 560. The minimum Gasteiger partial charge on any atom is -0.375 e. The lowest BCUT2D eigenvalue weighted by molar-refractivity contribution is -0.119. The molecule has 1 amide bonds. The number of aromatic nitrogens is 2. The number of aryl methyl sites for hydroxylation is 1. The maximum Gasteiger partial charge on any atom is 0.252 e. The Labute approximate surface area is 132 Å². The van der Waals surface area contributed by atoms with Crippen LogP contribution in [0.15, 0.2) is 34.7 Å². The summed E-state index contributed by atoms with van der Waals surface area (Å²) in [6, 6.07) is 10.4. The molecular formula is C14H17N3O2S2. The lowest BCUT2D eigenvalue weighted by atomic mass is 10.1. The van der Waals surface area contributed by atoms with E-state index in [9.17, 15) is 4.79 Å². The summed E-state index contributed by atoms with van der Waals surface area (Å²) in [6.45, 7) is 0.0269. The Hall–Kier alpha value is -1.44. The van der Waals surface area contributed by atoms with Crippen molar-refractivity contribution < 1.29 is 9.53 Å². The van der Waals surface area contributed by atoms with Gasteiger partial charge in [0.05, 0.1) is 0 Å². The van der Waals surface area contributed by atoms with Crippen LogP contribution in [-0.4, -0.2) is 35.6 Å². The number of rotatable bonds is 8. The molecule has 1 N–H and O–H groups in total. The molecule has 1 heterocycles. The van der Waals surface area contributed by atoms with Crippen molar-refractivity contribution in [3.8, 4) is 0 Å². The minimum absolute atomic E-state index is 0.0269. The Morgan fingerprint density at radius 2 is 2.14 bits per heavy atom. The minimum atomic E-state index is -0.214. The molecule has 2 rings (SSSR count). The molecule has 0 aliphatic rings. The summed E-state index contributed by atoms with van der Waals surface area (Å²) in [6.07, 6.45) is 2.14. The van der Waals surface area contributed by atoms with Gasteiger partial charge in [0.25, 0.3) is 5.91 Å². The number of nitrogens with one attached hydrogen (secondary N) is 1. The normalized spacial score (nSPS) is 10.5. The SMILES string of the molecule is COCC(=O)Nc1nnc(SCCCc2ccccc2)s1. The monoisotopic (exact) mass is 323 g/mol. The molecule has 0 unspecified atom stereocenters. The lowest BCUT2D eigenvalue weighted by Crippen LogP contribution is -2.16. The van der Waals surface area contributed by atoms with Gasteiger partial charge >= 0.3 is 0 Å². The van der Waals surface area contributed by atoms with Crippen LogP contribution in [0.4, 0.5) is 5.13 Å². The van der Waals surface area contributed by atoms with E-state index in [4.69, 9.17) is 4.74 Å². The number of thioether (sulfide) groups is 1. The van der Waals surface area contributed by atoms with Gasteiger partial charge in [-0.1, -0.05) is 53.4 Å². The topological polar surface area (TPSA) is 64.1 Å². The third-order valence-electron chi connectivity index (χ3n) is 2.61. The standard InChI is InChI=1S/C14H17N3O2S2/c1-19-10-12(18)15-13-16-17-14(21-13)20-9-5-8-11-6-3-2-4-7-11/h2-4,6-7H,5,8-10H2,1H3,(H,15,16,18). The van der Waals surface area contributed by atoms with Crippen LogP contribution < -0.4 is 5.32 Å². The number of hydrogen-bond acceptors (Lipinski definition) is 6. The van der Waals surface area contributed by atoms with E-state index < -0.39 is 0 Å². The fourth-order valence-corrected chi connectivity index (χ4v) is 3.46. The van der Waals surface area contributed by atoms with Gasteiger partial charge in [-0.3, -0.25) is 10.1 Å². The maximum absolute atomic E-state index is 11.3. The average Bonchev–Trinajstić information content (AvgIpc) is 2.92. The van der Waals surface area contributed by atoms with Crippen molar-refractivity contribution in [1.29, 1.82) is 0 Å². The molecule has 21 heavy (non-hydrogen) atoms. The lowest BCUT2D eigenvalue weighted by Gasteiger charge is -1.99. The molecule has 0 saturated carbocycles. The van der Waals surface area contributed by atoms with Gasteiger partial charge in [0.15, 0.2) is 4.34 Å². The summed E-state index contributed by atoms with van der Waals surface area (Å²) in [4.78, 5) is 11.3. The van der Waals surface area contributed by atoms with Crippen LogP contribution in [0.3, 0.4) is 0 Å². The van der Waals surface area contributed by atoms with Crippen LogP contribution in [0.5, 0.6) is 0 Å². The zero-order chi connectivity index (χ0) is 14.9. The van der Waals surface area contributed by atoms with Gasteiger partial charge < -0.3 is 4.74 Å². The summed E-state index contributed by atoms with van der Waals surface area (Å²) < 4.78 is 5.61. The van der Waals surface area contributed by atoms with Gasteiger partial charge in [0.1, 0.15) is 6.61 Å². The van der Waals surface area contributed by atoms with Gasteiger partial charge in [-0.05, 0) is 18.4 Å². The molecule has 0 fully saturated rings. The Kier molecular flexibility index (Phi) is 6.65. The van der Waals surface area contributed by atoms with Gasteiger partial charge in [-0.15, -0.1) is 10.2 Å². The molecule has 1 aromatic heterocycles. The molecule has 2 aromatic rings. The molecule has 112 valence electrons. The summed E-state index contributed by atoms with van der Waals surface area (Å²) >= 11 is 3.05. The third kappa shape index (κ3) is 5.82. The molecule has 1 aromatic carbocycles. The number of carbonyl (C=O) groups is 1. The van der Waals surface area contributed by atoms with E-state index in [1.165, 1.54) is 24.0 Å². The van der Waals surface area contributed by atoms with E-state index in [0.29, 0.717) is 5.13 Å². The van der Waals surface area contributed by atoms with E-state index in [1.54, 1.807) is 11.8 Å². The zero-order valence-corrected chi connectivity index (χ0v) is 13.4. The van der Waals surface area contributed by atoms with Crippen molar-refractivity contribution >= 4 is 34.1 Å². The van der Waals surface area contributed by atoms with Crippen LogP contribution in [0.1, 0.15) is 12.0 Å². The number of anilines is 1. The van der Waals surface area contributed by atoms with E-state index >= 15 is 0 Å². The number of amides is 1. The molecule has 0 aliphatic heterocycles. The van der Waals surface area contributed by atoms with E-state index in [1.807, 2.05) is 6.07 Å². The highest BCUT2D eigenvalue weighted by atomic mass is 32.2. The fourth-order valence-electron chi connectivity index (χ4n) is 1.69. The smallest absolute Gasteiger partial charge is 0.252 e. The fraction of sp³-hybridized carbons (Fsp3) is 0.357. The summed E-state index contributed by atoms with van der Waals surface area (Å²) in [7, 11) is 1.48. The molecule has 0 radical (unpaired) electrons. The van der Waals surface area contributed by atoms with Crippen LogP contribution in [0.2, 0.25) is 0 Å². The highest BCUT2D eigenvalue weighted by molar-refractivity contribution is 8.01. The molecule has 5 nitrogen and oxygen atoms in total. The second kappa shape index (κ2) is 8.76. The third-order valence-corrected chi connectivity index (χ3v) is 4.66. The summed E-state index contributed by atoms with van der Waals surface area (Å²) in [5.74, 6) is 0.768. The first kappa shape index (κ1) is 15.9. The van der Waals surface area contributed by atoms with Crippen molar-refractivity contribution in [2.45, 2.75) is 17.2 Å². The predicted molar refractivity (Wildman–Crippen MR) is 85.9 cm³/mol. The molecular weight excluding hydrogens is 306 g/mol. The first-order chi connectivity index (χ1) is 10.3. The highest BCUT2D eigenvalue weighted by Crippen LogP contribution is 2.26. The van der Waals surface area contributed by atoms with Crippen molar-refractivity contribution in [2.24, 2.45) is 0 Å². The van der Waals surface area contributed by atoms with Crippen LogP contribution in [0.25, 0.3) is 0 Å². The van der Waals surface area contributed by atoms with E-state index in [0.717, 1.165) is 22.9 Å². The number of carbonyl (C=O) groups excluding carboxylic acids is 1. The second-order valence-corrected chi connectivity index (χ2v) is 6.61. The largest absolute Gasteiger partial charge is 0.375 e. The number of nitrogens with zero attached hydrogens (tertiary/aromatic N) is 2. The van der Waals surface area contributed by atoms with Gasteiger partial charge in [0, 0.05) is 12.9 Å². The number of methoxy groups -OCH3 is 1. The van der Waals surface area contributed by atoms with Crippen molar-refractivity contribution in [1.82, 2.24) is 10.2 Å². The molecule has 0 bridgehead atoms. The number of benzene rings is 1. The second-order valence-electron chi connectivity index (χ2n) is 4.29. The Balaban J connectivity index is 1.69. The van der Waals surface area contributed by atoms with Gasteiger partial charge in [-0.2, -0.15) is 0 Å². The zero-order valence-electron chi connectivity index (χ0n) is 11.7. The maximum atomic E-state index is 11.3. The molecule has 0 spiro atoms. The average molecular weight is 323 g/mol. The van der Waals surface area contributed by atoms with E-state index in [2.05, 4.69) is 39.8 Å². The summed E-state index contributed by atoms with van der Waals surface area (Å²) in [5.41, 5.74) is 1.35. The Morgan fingerprint density at radius 1 is 1.33 bits per heavy atom. The predicted octanol–water partition coefficient (Wildman–Crippen LogP) is 2.85. The molecule has 0 saturated heterocycles. The highest BCUT2D eigenvalue weighted by Gasteiger charge is 2.08. The number of ether oxygens (including phenoxy) is 1. The van der Waals surface area contributed by atoms with Gasteiger partial charge in [-0.25, -0.2) is 0 Å². The molecule has 0 atom stereocenters. The molecule has 7 heteroatoms. The van der Waals surface area contributed by atoms with Gasteiger partial charge in [0.2, 0.25) is 5.13 Å². The van der Waals surface area contributed by atoms with Crippen LogP contribution >= 0.6 is 23.1 Å². The Morgan fingerprint density at radius 3 is 2.90 bits per heavy atom. The van der Waals surface area contributed by atoms with Crippen molar-refractivity contribution in [2.75, 3.05) is 24.8 Å².